The number of carbonyl (C=O) groups is 3. The number of hydrogen-bond acceptors (Lipinski definition) is 4. The van der Waals surface area contributed by atoms with Crippen LogP contribution in [0.4, 0.5) is 4.79 Å². The first kappa shape index (κ1) is 12.7. The zero-order valence-corrected chi connectivity index (χ0v) is 10.8. The molecule has 2 rings (SSSR count). The van der Waals surface area contributed by atoms with Crippen molar-refractivity contribution < 1.29 is 14.4 Å². The normalized spacial score (nSPS) is 18.2. The van der Waals surface area contributed by atoms with Crippen LogP contribution in [0.5, 0.6) is 0 Å². The van der Waals surface area contributed by atoms with Crippen molar-refractivity contribution in [1.29, 1.82) is 0 Å². The molecule has 0 unspecified atom stereocenters. The maximum atomic E-state index is 11.8. The molecule has 1 aromatic rings. The van der Waals surface area contributed by atoms with Crippen molar-refractivity contribution in [2.45, 2.75) is 10.9 Å². The van der Waals surface area contributed by atoms with E-state index in [0.717, 1.165) is 5.56 Å². The molecule has 6 nitrogen and oxygen atoms in total. The Hall–Kier alpha value is -1.73. The van der Waals surface area contributed by atoms with Crippen molar-refractivity contribution in [3.05, 3.63) is 35.4 Å². The summed E-state index contributed by atoms with van der Waals surface area (Å²) in [4.78, 5) is 34.7. The summed E-state index contributed by atoms with van der Waals surface area (Å²) in [5, 5.41) is 4.09. The van der Waals surface area contributed by atoms with E-state index in [9.17, 15) is 14.4 Å². The van der Waals surface area contributed by atoms with Crippen molar-refractivity contribution in [3.8, 4) is 0 Å². The number of rotatable bonds is 2. The maximum absolute atomic E-state index is 11.8. The molecular weight excluding hydrogens is 302 g/mol. The number of benzene rings is 1. The molecule has 0 atom stereocenters. The van der Waals surface area contributed by atoms with Crippen molar-refractivity contribution >= 4 is 33.8 Å². The Morgan fingerprint density at radius 1 is 1.06 bits per heavy atom. The lowest BCUT2D eigenvalue weighted by Crippen LogP contribution is -2.62. The highest BCUT2D eigenvalue weighted by molar-refractivity contribution is 9.10. The average molecular weight is 312 g/mol. The van der Waals surface area contributed by atoms with E-state index in [1.807, 2.05) is 10.6 Å². The summed E-state index contributed by atoms with van der Waals surface area (Å²) in [5.74, 6) is -1.42. The van der Waals surface area contributed by atoms with E-state index < -0.39 is 22.2 Å². The smallest absolute Gasteiger partial charge is 0.326 e. The first-order valence-electron chi connectivity index (χ1n) is 5.13. The second-order valence-electron chi connectivity index (χ2n) is 3.80. The van der Waals surface area contributed by atoms with Gasteiger partial charge in [-0.2, -0.15) is 0 Å². The Kier molecular flexibility index (Phi) is 3.18. The first-order chi connectivity index (χ1) is 8.48. The van der Waals surface area contributed by atoms with Gasteiger partial charge in [0.25, 0.3) is 11.8 Å². The van der Waals surface area contributed by atoms with Crippen LogP contribution in [0.3, 0.4) is 0 Å². The number of amides is 4. The van der Waals surface area contributed by atoms with Crippen molar-refractivity contribution in [2.24, 2.45) is 5.73 Å². The van der Waals surface area contributed by atoms with Gasteiger partial charge in [-0.3, -0.25) is 20.2 Å². The number of barbiturate groups is 1. The lowest BCUT2D eigenvalue weighted by Gasteiger charge is -2.29. The number of urea groups is 1. The molecule has 0 radical (unpaired) electrons. The van der Waals surface area contributed by atoms with Crippen LogP contribution in [0, 0.1) is 0 Å². The predicted octanol–water partition coefficient (Wildman–Crippen LogP) is 0.101. The van der Waals surface area contributed by atoms with Crippen LogP contribution < -0.4 is 16.4 Å². The number of alkyl halides is 1. The Bertz CT molecular complexity index is 507. The molecule has 0 aromatic heterocycles. The lowest BCUT2D eigenvalue weighted by molar-refractivity contribution is -0.133. The zero-order valence-electron chi connectivity index (χ0n) is 9.20. The molecule has 4 amide bonds. The molecule has 0 saturated carbocycles. The maximum Gasteiger partial charge on any atom is 0.328 e. The molecule has 1 aliphatic heterocycles. The molecule has 18 heavy (non-hydrogen) atoms. The number of halogens is 1. The highest BCUT2D eigenvalue weighted by atomic mass is 79.9. The molecule has 1 heterocycles. The SMILES string of the molecule is NCc1ccc(C2(Br)C(=O)NC(=O)NC2=O)cc1. The molecule has 4 N–H and O–H groups in total. The topological polar surface area (TPSA) is 101 Å². The minimum atomic E-state index is -1.59. The molecule has 7 heteroatoms. The average Bonchev–Trinajstić information content (AvgIpc) is 2.36. The summed E-state index contributed by atoms with van der Waals surface area (Å²) < 4.78 is -1.59. The lowest BCUT2D eigenvalue weighted by atomic mass is 9.95. The van der Waals surface area contributed by atoms with E-state index in [4.69, 9.17) is 5.73 Å². The molecule has 1 fully saturated rings. The molecule has 1 aromatic carbocycles. The Morgan fingerprint density at radius 3 is 2.00 bits per heavy atom. The highest BCUT2D eigenvalue weighted by Crippen LogP contribution is 2.33. The van der Waals surface area contributed by atoms with E-state index >= 15 is 0 Å². The number of imide groups is 2. The van der Waals surface area contributed by atoms with Crippen molar-refractivity contribution in [1.82, 2.24) is 10.6 Å². The number of carbonyl (C=O) groups excluding carboxylic acids is 3. The summed E-state index contributed by atoms with van der Waals surface area (Å²) in [6, 6.07) is 5.85. The Balaban J connectivity index is 2.42. The number of nitrogens with one attached hydrogen (secondary N) is 2. The van der Waals surface area contributed by atoms with Gasteiger partial charge in [0.2, 0.25) is 4.32 Å². The zero-order chi connectivity index (χ0) is 13.3. The summed E-state index contributed by atoms with van der Waals surface area (Å²) in [7, 11) is 0. The molecule has 0 bridgehead atoms. The second kappa shape index (κ2) is 4.51. The van der Waals surface area contributed by atoms with E-state index in [0.29, 0.717) is 12.1 Å². The van der Waals surface area contributed by atoms with Crippen molar-refractivity contribution in [2.75, 3.05) is 0 Å². The van der Waals surface area contributed by atoms with E-state index in [2.05, 4.69) is 15.9 Å². The van der Waals surface area contributed by atoms with Gasteiger partial charge in [0.1, 0.15) is 0 Å². The van der Waals surface area contributed by atoms with Crippen LogP contribution in [-0.2, 0) is 20.5 Å². The summed E-state index contributed by atoms with van der Waals surface area (Å²) in [5.41, 5.74) is 6.78. The van der Waals surface area contributed by atoms with E-state index in [1.54, 1.807) is 24.3 Å². The minimum Gasteiger partial charge on any atom is -0.326 e. The van der Waals surface area contributed by atoms with Gasteiger partial charge in [-0.1, -0.05) is 40.2 Å². The molecule has 0 spiro atoms. The molecular formula is C11H10BrN3O3. The van der Waals surface area contributed by atoms with Gasteiger partial charge in [-0.25, -0.2) is 4.79 Å². The predicted molar refractivity (Wildman–Crippen MR) is 66.6 cm³/mol. The van der Waals surface area contributed by atoms with E-state index in [-0.39, 0.29) is 0 Å². The van der Waals surface area contributed by atoms with Crippen LogP contribution in [0.25, 0.3) is 0 Å². The minimum absolute atomic E-state index is 0.368. The third kappa shape index (κ3) is 1.91. The number of hydrogen-bond donors (Lipinski definition) is 3. The van der Waals surface area contributed by atoms with Crippen LogP contribution in [0.2, 0.25) is 0 Å². The van der Waals surface area contributed by atoms with Gasteiger partial charge in [-0.05, 0) is 11.1 Å². The Labute approximate surface area is 111 Å². The summed E-state index contributed by atoms with van der Waals surface area (Å²) in [6.07, 6.45) is 0. The second-order valence-corrected chi connectivity index (χ2v) is 4.99. The quantitative estimate of drug-likeness (QED) is 0.532. The van der Waals surface area contributed by atoms with Gasteiger partial charge in [0, 0.05) is 6.54 Å². The van der Waals surface area contributed by atoms with Crippen LogP contribution in [0.1, 0.15) is 11.1 Å². The van der Waals surface area contributed by atoms with Crippen LogP contribution in [-0.4, -0.2) is 17.8 Å². The van der Waals surface area contributed by atoms with Gasteiger partial charge < -0.3 is 5.73 Å². The van der Waals surface area contributed by atoms with Crippen molar-refractivity contribution in [3.63, 3.8) is 0 Å². The number of nitrogens with two attached hydrogens (primary N) is 1. The third-order valence-corrected chi connectivity index (χ3v) is 3.85. The van der Waals surface area contributed by atoms with Crippen LogP contribution >= 0.6 is 15.9 Å². The molecule has 1 saturated heterocycles. The third-order valence-electron chi connectivity index (χ3n) is 2.67. The van der Waals surface area contributed by atoms with Gasteiger partial charge >= 0.3 is 6.03 Å². The molecule has 94 valence electrons. The van der Waals surface area contributed by atoms with Gasteiger partial charge in [-0.15, -0.1) is 0 Å². The van der Waals surface area contributed by atoms with Gasteiger partial charge in [0.15, 0.2) is 0 Å². The summed E-state index contributed by atoms with van der Waals surface area (Å²) in [6.45, 7) is 0.368. The van der Waals surface area contributed by atoms with E-state index in [1.165, 1.54) is 0 Å². The fourth-order valence-corrected chi connectivity index (χ4v) is 2.11. The first-order valence-corrected chi connectivity index (χ1v) is 5.93. The molecule has 1 aliphatic rings. The Morgan fingerprint density at radius 2 is 1.56 bits per heavy atom. The fourth-order valence-electron chi connectivity index (χ4n) is 1.65. The molecule has 0 aliphatic carbocycles. The van der Waals surface area contributed by atoms with Gasteiger partial charge in [0.05, 0.1) is 0 Å². The largest absolute Gasteiger partial charge is 0.328 e. The monoisotopic (exact) mass is 311 g/mol. The fraction of sp³-hybridized carbons (Fsp3) is 0.182. The summed E-state index contributed by atoms with van der Waals surface area (Å²) >= 11 is 3.10. The van der Waals surface area contributed by atoms with Crippen LogP contribution in [0.15, 0.2) is 24.3 Å². The standard InChI is InChI=1S/C11H10BrN3O3/c12-11(7-3-1-6(5-13)2-4-7)8(16)14-10(18)15-9(11)17/h1-4H,5,13H2,(H2,14,15,16,17,18). The highest BCUT2D eigenvalue weighted by Gasteiger charge is 2.49.